The van der Waals surface area contributed by atoms with Gasteiger partial charge in [0, 0.05) is 34.0 Å². The molecule has 4 N–H and O–H groups in total. The van der Waals surface area contributed by atoms with Crippen molar-refractivity contribution < 1.29 is 34.8 Å². The molecule has 0 spiro atoms. The number of carboxylic acid groups (broad SMARTS) is 2. The number of aromatic hydroxyl groups is 2. The number of phenols is 2. The Bertz CT molecular complexity index is 2360. The predicted molar refractivity (Wildman–Crippen MR) is 222 cm³/mol. The molecule has 3 aromatic carbocycles. The Morgan fingerprint density at radius 1 is 0.649 bits per heavy atom. The van der Waals surface area contributed by atoms with Crippen LogP contribution < -0.4 is 4.74 Å². The second kappa shape index (κ2) is 15.3. The molecule has 1 fully saturated rings. The molecule has 0 saturated heterocycles. The van der Waals surface area contributed by atoms with Crippen molar-refractivity contribution in [3.8, 4) is 40.9 Å². The van der Waals surface area contributed by atoms with Gasteiger partial charge in [-0.1, -0.05) is 73.2 Å². The van der Waals surface area contributed by atoms with Crippen molar-refractivity contribution in [2.24, 2.45) is 5.92 Å². The van der Waals surface area contributed by atoms with Gasteiger partial charge in [-0.05, 0) is 138 Å². The summed E-state index contributed by atoms with van der Waals surface area (Å²) in [5.74, 6) is 11.7. The highest BCUT2D eigenvalue weighted by molar-refractivity contribution is 5.91. The average molecular weight is 768 g/mol. The van der Waals surface area contributed by atoms with E-state index in [9.17, 15) is 19.8 Å². The minimum Gasteiger partial charge on any atom is -0.508 e. The highest BCUT2D eigenvalue weighted by Gasteiger charge is 2.41. The number of rotatable bonds is 5. The minimum absolute atomic E-state index is 0.0403. The number of phenolic OH excluding ortho intramolecular Hbond substituents is 1. The smallest absolute Gasteiger partial charge is 0.339 e. The molecule has 0 atom stereocenters. The van der Waals surface area contributed by atoms with Crippen molar-refractivity contribution >= 4 is 11.9 Å². The number of aromatic nitrogens is 1. The first-order chi connectivity index (χ1) is 26.7. The Balaban J connectivity index is 0.000000194. The SMILES string of the molecule is CC1(C)CCC(C)(C)c2c(O)cc(C#Cc3ccc(C(=O)O)c(O)c3)cc21.CC1(C)CCC(C)(C)c2c(OCC3CC3)cc(C#Cc3ccc(C(=O)O)cn3)cc21. The third kappa shape index (κ3) is 9.13. The first-order valence-electron chi connectivity index (χ1n) is 19.7. The standard InChI is InChI=1S/C26H29NO3.C23H24O4/c1-25(2)11-12-26(3,4)23-21(25)13-18(14-22(23)30-16-17-5-6-17)7-9-20-10-8-19(15-27-20)24(28)29;1-22(2)9-10-23(3,4)20-17(22)11-15(13-19(20)25)6-5-14-7-8-16(21(26)27)18(24)12-14/h8,10,13-15,17H,5-6,11-12,16H2,1-4H3,(H,28,29);7-8,11-13,24-25H,9-10H2,1-4H3,(H,26,27). The highest BCUT2D eigenvalue weighted by atomic mass is 16.5. The van der Waals surface area contributed by atoms with Crippen molar-refractivity contribution in [3.05, 3.63) is 117 Å². The Morgan fingerprint density at radius 2 is 1.19 bits per heavy atom. The summed E-state index contributed by atoms with van der Waals surface area (Å²) in [4.78, 5) is 26.1. The molecule has 57 heavy (non-hydrogen) atoms. The maximum absolute atomic E-state index is 11.0. The fourth-order valence-electron chi connectivity index (χ4n) is 7.90. The molecule has 1 heterocycles. The fourth-order valence-corrected chi connectivity index (χ4v) is 7.90. The lowest BCUT2D eigenvalue weighted by Gasteiger charge is -2.42. The molecule has 0 amide bonds. The normalized spacial score (nSPS) is 17.8. The Hall–Kier alpha value is -5.73. The number of pyridine rings is 1. The van der Waals surface area contributed by atoms with Crippen LogP contribution in [0.2, 0.25) is 0 Å². The van der Waals surface area contributed by atoms with Crippen LogP contribution in [0, 0.1) is 29.6 Å². The van der Waals surface area contributed by atoms with Crippen molar-refractivity contribution in [3.63, 3.8) is 0 Å². The van der Waals surface area contributed by atoms with Crippen LogP contribution in [0.25, 0.3) is 0 Å². The molecule has 8 heteroatoms. The zero-order valence-electron chi connectivity index (χ0n) is 34.3. The van der Waals surface area contributed by atoms with Crippen LogP contribution in [-0.4, -0.2) is 44.0 Å². The van der Waals surface area contributed by atoms with E-state index >= 15 is 0 Å². The first kappa shape index (κ1) is 40.9. The summed E-state index contributed by atoms with van der Waals surface area (Å²) in [5.41, 5.74) is 7.46. The van der Waals surface area contributed by atoms with E-state index in [0.29, 0.717) is 22.7 Å². The first-order valence-corrected chi connectivity index (χ1v) is 19.7. The number of hydrogen-bond donors (Lipinski definition) is 4. The fraction of sp³-hybridized carbons (Fsp3) is 0.408. The molecule has 0 radical (unpaired) electrons. The lowest BCUT2D eigenvalue weighted by atomic mass is 9.62. The van der Waals surface area contributed by atoms with Crippen molar-refractivity contribution in [2.75, 3.05) is 6.61 Å². The van der Waals surface area contributed by atoms with Gasteiger partial charge in [0.15, 0.2) is 0 Å². The summed E-state index contributed by atoms with van der Waals surface area (Å²) in [6.07, 6.45) is 8.18. The molecule has 296 valence electrons. The average Bonchev–Trinajstić information content (AvgIpc) is 3.97. The third-order valence-electron chi connectivity index (χ3n) is 11.9. The number of carboxylic acids is 2. The van der Waals surface area contributed by atoms with Crippen LogP contribution in [0.1, 0.15) is 159 Å². The molecule has 3 aliphatic carbocycles. The van der Waals surface area contributed by atoms with Crippen molar-refractivity contribution in [2.45, 2.75) is 116 Å². The zero-order valence-corrected chi connectivity index (χ0v) is 34.3. The Labute approximate surface area is 336 Å². The van der Waals surface area contributed by atoms with Crippen LogP contribution in [0.3, 0.4) is 0 Å². The van der Waals surface area contributed by atoms with E-state index < -0.39 is 11.9 Å². The molecule has 4 aromatic rings. The van der Waals surface area contributed by atoms with Gasteiger partial charge in [0.1, 0.15) is 28.5 Å². The number of aromatic carboxylic acids is 2. The summed E-state index contributed by atoms with van der Waals surface area (Å²) < 4.78 is 6.34. The monoisotopic (exact) mass is 767 g/mol. The lowest BCUT2D eigenvalue weighted by molar-refractivity contribution is 0.0684. The summed E-state index contributed by atoms with van der Waals surface area (Å²) in [5, 5.41) is 38.5. The largest absolute Gasteiger partial charge is 0.508 e. The molecule has 1 aromatic heterocycles. The molecule has 7 rings (SSSR count). The number of ether oxygens (including phenoxy) is 1. The van der Waals surface area contributed by atoms with Crippen LogP contribution in [0.5, 0.6) is 17.2 Å². The molecule has 0 aliphatic heterocycles. The van der Waals surface area contributed by atoms with E-state index in [1.807, 2.05) is 6.07 Å². The van der Waals surface area contributed by atoms with Gasteiger partial charge in [-0.2, -0.15) is 0 Å². The molecule has 0 unspecified atom stereocenters. The maximum atomic E-state index is 11.0. The van der Waals surface area contributed by atoms with Crippen LogP contribution in [0.15, 0.2) is 60.8 Å². The number of carbonyl (C=O) groups is 2. The van der Waals surface area contributed by atoms with E-state index in [1.165, 1.54) is 48.4 Å². The van der Waals surface area contributed by atoms with Gasteiger partial charge in [0.25, 0.3) is 0 Å². The van der Waals surface area contributed by atoms with Crippen LogP contribution in [-0.2, 0) is 21.7 Å². The summed E-state index contributed by atoms with van der Waals surface area (Å²) >= 11 is 0. The van der Waals surface area contributed by atoms with E-state index in [4.69, 9.17) is 14.9 Å². The second-order valence-corrected chi connectivity index (χ2v) is 18.4. The van der Waals surface area contributed by atoms with Gasteiger partial charge >= 0.3 is 11.9 Å². The van der Waals surface area contributed by atoms with Gasteiger partial charge in [-0.25, -0.2) is 14.6 Å². The van der Waals surface area contributed by atoms with Crippen molar-refractivity contribution in [1.29, 1.82) is 0 Å². The minimum atomic E-state index is -1.18. The Kier molecular flexibility index (Phi) is 11.0. The van der Waals surface area contributed by atoms with Gasteiger partial charge < -0.3 is 25.2 Å². The molecule has 0 bridgehead atoms. The number of benzene rings is 3. The van der Waals surface area contributed by atoms with E-state index in [1.54, 1.807) is 18.2 Å². The maximum Gasteiger partial charge on any atom is 0.339 e. The zero-order chi connectivity index (χ0) is 41.5. The number of nitrogens with zero attached hydrogens (tertiary/aromatic N) is 1. The Morgan fingerprint density at radius 3 is 1.75 bits per heavy atom. The quantitative estimate of drug-likeness (QED) is 0.147. The molecular weight excluding hydrogens is 715 g/mol. The third-order valence-corrected chi connectivity index (χ3v) is 11.9. The van der Waals surface area contributed by atoms with Gasteiger partial charge in [0.05, 0.1) is 12.2 Å². The molecule has 3 aliphatic rings. The van der Waals surface area contributed by atoms with E-state index in [2.05, 4.69) is 96.2 Å². The topological polar surface area (TPSA) is 137 Å². The number of hydrogen-bond acceptors (Lipinski definition) is 6. The lowest BCUT2D eigenvalue weighted by Crippen LogP contribution is -2.34. The predicted octanol–water partition coefficient (Wildman–Crippen LogP) is 9.86. The summed E-state index contributed by atoms with van der Waals surface area (Å²) in [6, 6.07) is 15.4. The number of fused-ring (bicyclic) bond motifs is 2. The van der Waals surface area contributed by atoms with Gasteiger partial charge in [0.2, 0.25) is 0 Å². The van der Waals surface area contributed by atoms with Gasteiger partial charge in [-0.3, -0.25) is 0 Å². The summed E-state index contributed by atoms with van der Waals surface area (Å²) in [6.45, 7) is 18.7. The second-order valence-electron chi connectivity index (χ2n) is 18.4. The highest BCUT2D eigenvalue weighted by Crippen LogP contribution is 2.51. The van der Waals surface area contributed by atoms with Gasteiger partial charge in [-0.15, -0.1) is 0 Å². The molecule has 1 saturated carbocycles. The van der Waals surface area contributed by atoms with Crippen LogP contribution in [0.4, 0.5) is 0 Å². The van der Waals surface area contributed by atoms with E-state index in [-0.39, 0.29) is 44.3 Å². The molecule has 8 nitrogen and oxygen atoms in total. The summed E-state index contributed by atoms with van der Waals surface area (Å²) in [7, 11) is 0. The molecular formula is C49H53NO7. The van der Waals surface area contributed by atoms with Crippen LogP contribution >= 0.6 is 0 Å². The van der Waals surface area contributed by atoms with Crippen molar-refractivity contribution in [1.82, 2.24) is 4.98 Å². The van der Waals surface area contributed by atoms with E-state index in [0.717, 1.165) is 54.7 Å².